The second-order valence-corrected chi connectivity index (χ2v) is 13.5. The summed E-state index contributed by atoms with van der Waals surface area (Å²) in [7, 11) is 0. The van der Waals surface area contributed by atoms with Crippen LogP contribution in [-0.4, -0.2) is 56.2 Å². The molecule has 0 radical (unpaired) electrons. The van der Waals surface area contributed by atoms with Crippen LogP contribution in [0.1, 0.15) is 22.8 Å². The van der Waals surface area contributed by atoms with Gasteiger partial charge in [-0.1, -0.05) is 99.4 Å². The van der Waals surface area contributed by atoms with Crippen molar-refractivity contribution < 1.29 is 28.7 Å². The molecule has 0 bridgehead atoms. The van der Waals surface area contributed by atoms with Crippen LogP contribution in [0.25, 0.3) is 0 Å². The maximum atomic E-state index is 13.1. The molecule has 1 saturated heterocycles. The minimum Gasteiger partial charge on any atom is -0.423 e. The molecule has 2 atom stereocenters. The Bertz CT molecular complexity index is 1510. The fourth-order valence-corrected chi connectivity index (χ4v) is 6.75. The zero-order valence-electron chi connectivity index (χ0n) is 20.9. The van der Waals surface area contributed by atoms with Crippen molar-refractivity contribution in [2.24, 2.45) is 0 Å². The lowest BCUT2D eigenvalue weighted by Crippen LogP contribution is -2.70. The fraction of sp³-hybridized carbons (Fsp3) is 0.280. The molecule has 8 nitrogen and oxygen atoms in total. The van der Waals surface area contributed by atoms with Crippen LogP contribution in [0.3, 0.4) is 0 Å². The number of carbonyl (C=O) groups is 4. The van der Waals surface area contributed by atoms with E-state index in [9.17, 15) is 19.2 Å². The van der Waals surface area contributed by atoms with Gasteiger partial charge in [-0.2, -0.15) is 0 Å². The highest BCUT2D eigenvalue weighted by Gasteiger charge is 2.54. The van der Waals surface area contributed by atoms with E-state index < -0.39 is 45.6 Å². The van der Waals surface area contributed by atoms with Gasteiger partial charge in [-0.05, 0) is 24.1 Å². The standard InChI is InChI=1S/C25H16Cl8N2O6S/c1-9-7-42-22-18(21(37)35(22)19(9)24(39)41-25(32,33)8-26)34-12(36)6-10-4-2-3-5-11(10)23(38)40-20-16(30)14(28)13(27)15(29)17(20)31/h2-5,18,22H,6-8H2,1H3,(H,34,36)/t18?,22-/m1/s1. The van der Waals surface area contributed by atoms with Crippen molar-refractivity contribution in [2.45, 2.75) is 29.3 Å². The van der Waals surface area contributed by atoms with Crippen LogP contribution >= 0.6 is 105 Å². The minimum absolute atomic E-state index is 0.0159. The molecule has 0 spiro atoms. The summed E-state index contributed by atoms with van der Waals surface area (Å²) in [5.41, 5.74) is 0.843. The molecule has 2 aromatic carbocycles. The largest absolute Gasteiger partial charge is 0.423 e. The number of halogens is 8. The Morgan fingerprint density at radius 1 is 1.00 bits per heavy atom. The number of ether oxygens (including phenoxy) is 2. The Hall–Kier alpha value is -1.27. The first-order chi connectivity index (χ1) is 19.7. The van der Waals surface area contributed by atoms with Gasteiger partial charge in [0.2, 0.25) is 5.91 Å². The Kier molecular flexibility index (Phi) is 10.7. The zero-order valence-corrected chi connectivity index (χ0v) is 27.8. The number of hydrogen-bond acceptors (Lipinski definition) is 7. The van der Waals surface area contributed by atoms with Gasteiger partial charge in [0.15, 0.2) is 5.75 Å². The summed E-state index contributed by atoms with van der Waals surface area (Å²) in [6.45, 7) is 1.66. The third-order valence-corrected chi connectivity index (χ3v) is 10.8. The quantitative estimate of drug-likeness (QED) is 0.0754. The van der Waals surface area contributed by atoms with Gasteiger partial charge in [0.1, 0.15) is 27.2 Å². The van der Waals surface area contributed by atoms with Crippen LogP contribution < -0.4 is 10.1 Å². The molecule has 0 saturated carbocycles. The Labute approximate surface area is 283 Å². The Morgan fingerprint density at radius 2 is 1.60 bits per heavy atom. The Morgan fingerprint density at radius 3 is 2.21 bits per heavy atom. The number of amides is 2. The molecule has 4 rings (SSSR count). The van der Waals surface area contributed by atoms with Crippen molar-refractivity contribution in [1.82, 2.24) is 10.2 Å². The summed E-state index contributed by atoms with van der Waals surface area (Å²) in [4.78, 5) is 53.1. The van der Waals surface area contributed by atoms with Gasteiger partial charge in [-0.25, -0.2) is 9.59 Å². The summed E-state index contributed by atoms with van der Waals surface area (Å²) >= 11 is 49.1. The molecule has 224 valence electrons. The number of fused-ring (bicyclic) bond motifs is 1. The van der Waals surface area contributed by atoms with E-state index in [2.05, 4.69) is 5.32 Å². The van der Waals surface area contributed by atoms with Crippen molar-refractivity contribution in [3.8, 4) is 5.75 Å². The number of thioether (sulfide) groups is 1. The monoisotopic (exact) mass is 752 g/mol. The zero-order chi connectivity index (χ0) is 31.1. The third-order valence-electron chi connectivity index (χ3n) is 6.02. The number of hydrogen-bond donors (Lipinski definition) is 1. The van der Waals surface area contributed by atoms with Gasteiger partial charge in [0, 0.05) is 5.75 Å². The summed E-state index contributed by atoms with van der Waals surface area (Å²) in [5.74, 6) is -3.25. The van der Waals surface area contributed by atoms with E-state index in [0.717, 1.165) is 0 Å². The van der Waals surface area contributed by atoms with E-state index in [1.807, 2.05) is 0 Å². The molecule has 2 aromatic rings. The van der Waals surface area contributed by atoms with E-state index >= 15 is 0 Å². The maximum absolute atomic E-state index is 13.1. The normalized spacial score (nSPS) is 18.3. The van der Waals surface area contributed by atoms with E-state index in [-0.39, 0.29) is 54.1 Å². The average Bonchev–Trinajstić information content (AvgIpc) is 2.95. The SMILES string of the molecule is CC1=C(C(=O)OC(Cl)(Cl)CCl)N2C(=O)C(NC(=O)Cc3ccccc3C(=O)Oc3c(Cl)c(Cl)c(Cl)c(Cl)c3Cl)[C@H]2SC1. The maximum Gasteiger partial charge on any atom is 0.357 e. The lowest BCUT2D eigenvalue weighted by atomic mass is 10.0. The summed E-state index contributed by atoms with van der Waals surface area (Å²) in [6, 6.07) is 5.19. The van der Waals surface area contributed by atoms with E-state index in [4.69, 9.17) is 102 Å². The molecular formula is C25H16Cl8N2O6S. The fourth-order valence-electron chi connectivity index (χ4n) is 4.07. The van der Waals surface area contributed by atoms with Gasteiger partial charge >= 0.3 is 11.9 Å². The van der Waals surface area contributed by atoms with Crippen molar-refractivity contribution in [3.63, 3.8) is 0 Å². The molecule has 2 aliphatic rings. The van der Waals surface area contributed by atoms with Crippen LogP contribution in [0.2, 0.25) is 25.1 Å². The average molecular weight is 756 g/mol. The van der Waals surface area contributed by atoms with Gasteiger partial charge in [0.25, 0.3) is 10.4 Å². The van der Waals surface area contributed by atoms with Crippen LogP contribution in [0, 0.1) is 0 Å². The molecule has 2 aliphatic heterocycles. The number of alkyl halides is 3. The number of nitrogens with one attached hydrogen (secondary N) is 1. The molecule has 1 unspecified atom stereocenters. The number of β-lactam (4-membered cyclic amide) rings is 1. The summed E-state index contributed by atoms with van der Waals surface area (Å²) in [5, 5.41) is 1.19. The topological polar surface area (TPSA) is 102 Å². The van der Waals surface area contributed by atoms with E-state index in [1.165, 1.54) is 28.8 Å². The number of nitrogens with zero attached hydrogens (tertiary/aromatic N) is 1. The van der Waals surface area contributed by atoms with E-state index in [0.29, 0.717) is 11.3 Å². The lowest BCUT2D eigenvalue weighted by molar-refractivity contribution is -0.154. The lowest BCUT2D eigenvalue weighted by Gasteiger charge is -2.49. The van der Waals surface area contributed by atoms with E-state index in [1.54, 1.807) is 19.1 Å². The molecule has 1 N–H and O–H groups in total. The highest BCUT2D eigenvalue weighted by Crippen LogP contribution is 2.48. The van der Waals surface area contributed by atoms with Gasteiger partial charge in [0.05, 0.1) is 32.9 Å². The number of rotatable bonds is 8. The highest BCUT2D eigenvalue weighted by molar-refractivity contribution is 8.00. The number of benzene rings is 2. The molecule has 2 amide bonds. The van der Waals surface area contributed by atoms with Crippen molar-refractivity contribution in [1.29, 1.82) is 0 Å². The van der Waals surface area contributed by atoms with Gasteiger partial charge in [-0.15, -0.1) is 23.4 Å². The molecule has 17 heteroatoms. The van der Waals surface area contributed by atoms with Crippen LogP contribution in [0.4, 0.5) is 0 Å². The first-order valence-electron chi connectivity index (χ1n) is 11.6. The predicted molar refractivity (Wildman–Crippen MR) is 166 cm³/mol. The second kappa shape index (κ2) is 13.4. The summed E-state index contributed by atoms with van der Waals surface area (Å²) in [6.07, 6.45) is -0.295. The highest BCUT2D eigenvalue weighted by atomic mass is 35.5. The smallest absolute Gasteiger partial charge is 0.357 e. The summed E-state index contributed by atoms with van der Waals surface area (Å²) < 4.78 is 8.44. The van der Waals surface area contributed by atoms with Crippen molar-refractivity contribution in [2.75, 3.05) is 11.6 Å². The molecule has 2 heterocycles. The molecular weight excluding hydrogens is 740 g/mol. The van der Waals surface area contributed by atoms with Crippen LogP contribution in [0.15, 0.2) is 35.5 Å². The minimum atomic E-state index is -1.98. The van der Waals surface area contributed by atoms with Crippen LogP contribution in [0.5, 0.6) is 5.75 Å². The predicted octanol–water partition coefficient (Wildman–Crippen LogP) is 7.30. The number of esters is 2. The first kappa shape index (κ1) is 33.6. The van der Waals surface area contributed by atoms with Gasteiger partial charge < -0.3 is 14.8 Å². The molecule has 0 aliphatic carbocycles. The molecule has 0 aromatic heterocycles. The molecule has 1 fully saturated rings. The molecule has 42 heavy (non-hydrogen) atoms. The van der Waals surface area contributed by atoms with Crippen LogP contribution in [-0.2, 0) is 25.5 Å². The third kappa shape index (κ3) is 6.70. The first-order valence-corrected chi connectivity index (χ1v) is 15.8. The van der Waals surface area contributed by atoms with Gasteiger partial charge in [-0.3, -0.25) is 14.5 Å². The van der Waals surface area contributed by atoms with Crippen molar-refractivity contribution in [3.05, 3.63) is 71.8 Å². The second-order valence-electron chi connectivity index (χ2n) is 8.87. The van der Waals surface area contributed by atoms with Crippen molar-refractivity contribution >= 4 is 128 Å². The number of carbonyl (C=O) groups excluding carboxylic acids is 4. The Balaban J connectivity index is 1.47.